The van der Waals surface area contributed by atoms with Gasteiger partial charge in [0.2, 0.25) is 0 Å². The third-order valence-electron chi connectivity index (χ3n) is 0.445. The average Bonchev–Trinajstić information content (AvgIpc) is 1.27. The lowest BCUT2D eigenvalue weighted by atomic mass is 10.3. The SMILES string of the molecule is C=C(Cl)C=C(C)C. The highest BCUT2D eigenvalue weighted by atomic mass is 35.5. The molecule has 0 aromatic carbocycles. The lowest BCUT2D eigenvalue weighted by Gasteiger charge is -1.83. The van der Waals surface area contributed by atoms with E-state index in [4.69, 9.17) is 11.6 Å². The van der Waals surface area contributed by atoms with Crippen LogP contribution in [0.15, 0.2) is 23.3 Å². The van der Waals surface area contributed by atoms with Crippen LogP contribution in [0.3, 0.4) is 0 Å². The van der Waals surface area contributed by atoms with Crippen LogP contribution in [0, 0.1) is 0 Å². The van der Waals surface area contributed by atoms with Crippen molar-refractivity contribution in [2.75, 3.05) is 0 Å². The second kappa shape index (κ2) is 2.86. The molecule has 0 aromatic heterocycles. The smallest absolute Gasteiger partial charge is 0.0333 e. The van der Waals surface area contributed by atoms with Crippen molar-refractivity contribution in [2.45, 2.75) is 13.8 Å². The molecule has 0 bridgehead atoms. The van der Waals surface area contributed by atoms with Gasteiger partial charge in [-0.05, 0) is 19.9 Å². The highest BCUT2D eigenvalue weighted by molar-refractivity contribution is 6.30. The van der Waals surface area contributed by atoms with Crippen LogP contribution < -0.4 is 0 Å². The van der Waals surface area contributed by atoms with E-state index in [1.54, 1.807) is 0 Å². The zero-order valence-corrected chi connectivity index (χ0v) is 5.42. The van der Waals surface area contributed by atoms with Crippen molar-refractivity contribution < 1.29 is 0 Å². The molecular weight excluding hydrogens is 108 g/mol. The van der Waals surface area contributed by atoms with E-state index in [9.17, 15) is 0 Å². The van der Waals surface area contributed by atoms with Crippen molar-refractivity contribution in [2.24, 2.45) is 0 Å². The van der Waals surface area contributed by atoms with Gasteiger partial charge in [-0.15, -0.1) is 0 Å². The standard InChI is InChI=1S/C6H9Cl/c1-5(2)4-6(3)7/h4H,3H2,1-2H3. The van der Waals surface area contributed by atoms with Crippen molar-refractivity contribution in [3.63, 3.8) is 0 Å². The van der Waals surface area contributed by atoms with Crippen molar-refractivity contribution >= 4 is 11.6 Å². The molecule has 0 atom stereocenters. The Kier molecular flexibility index (Phi) is 2.77. The fourth-order valence-electron chi connectivity index (χ4n) is 0.313. The van der Waals surface area contributed by atoms with E-state index >= 15 is 0 Å². The summed E-state index contributed by atoms with van der Waals surface area (Å²) in [6, 6.07) is 0. The van der Waals surface area contributed by atoms with Crippen LogP contribution in [-0.4, -0.2) is 0 Å². The summed E-state index contributed by atoms with van der Waals surface area (Å²) in [5.41, 5.74) is 1.18. The maximum Gasteiger partial charge on any atom is 0.0333 e. The third-order valence-corrected chi connectivity index (χ3v) is 0.554. The molecule has 0 aromatic rings. The van der Waals surface area contributed by atoms with Crippen LogP contribution in [0.5, 0.6) is 0 Å². The molecule has 0 nitrogen and oxygen atoms in total. The van der Waals surface area contributed by atoms with Gasteiger partial charge < -0.3 is 0 Å². The van der Waals surface area contributed by atoms with Crippen LogP contribution in [-0.2, 0) is 0 Å². The minimum Gasteiger partial charge on any atom is -0.0850 e. The summed E-state index contributed by atoms with van der Waals surface area (Å²) < 4.78 is 0. The Labute approximate surface area is 49.5 Å². The monoisotopic (exact) mass is 116 g/mol. The molecule has 1 heteroatoms. The van der Waals surface area contributed by atoms with E-state index in [2.05, 4.69) is 6.58 Å². The molecule has 0 unspecified atom stereocenters. The quantitative estimate of drug-likeness (QED) is 0.462. The largest absolute Gasteiger partial charge is 0.0850 e. The van der Waals surface area contributed by atoms with Gasteiger partial charge in [0.1, 0.15) is 0 Å². The van der Waals surface area contributed by atoms with Crippen molar-refractivity contribution in [1.29, 1.82) is 0 Å². The predicted molar refractivity (Wildman–Crippen MR) is 34.4 cm³/mol. The maximum absolute atomic E-state index is 5.40. The van der Waals surface area contributed by atoms with Crippen LogP contribution in [0.1, 0.15) is 13.8 Å². The maximum atomic E-state index is 5.40. The Morgan fingerprint density at radius 1 is 1.57 bits per heavy atom. The van der Waals surface area contributed by atoms with Gasteiger partial charge >= 0.3 is 0 Å². The van der Waals surface area contributed by atoms with Gasteiger partial charge in [0, 0.05) is 5.03 Å². The third kappa shape index (κ3) is 5.77. The number of halogens is 1. The number of hydrogen-bond acceptors (Lipinski definition) is 0. The first kappa shape index (κ1) is 6.77. The van der Waals surface area contributed by atoms with Crippen molar-refractivity contribution in [3.05, 3.63) is 23.3 Å². The molecule has 0 heterocycles. The van der Waals surface area contributed by atoms with Gasteiger partial charge in [-0.25, -0.2) is 0 Å². The first-order valence-corrected chi connectivity index (χ1v) is 2.50. The zero-order chi connectivity index (χ0) is 5.86. The summed E-state index contributed by atoms with van der Waals surface area (Å²) in [7, 11) is 0. The Hall–Kier alpha value is -0.230. The first-order chi connectivity index (χ1) is 3.13. The molecule has 0 aliphatic rings. The van der Waals surface area contributed by atoms with Crippen LogP contribution in [0.4, 0.5) is 0 Å². The fourth-order valence-corrected chi connectivity index (χ4v) is 0.531. The van der Waals surface area contributed by atoms with Crippen LogP contribution in [0.25, 0.3) is 0 Å². The number of hydrogen-bond donors (Lipinski definition) is 0. The van der Waals surface area contributed by atoms with E-state index in [-0.39, 0.29) is 0 Å². The van der Waals surface area contributed by atoms with Gasteiger partial charge in [-0.1, -0.05) is 23.8 Å². The normalized spacial score (nSPS) is 7.86. The van der Waals surface area contributed by atoms with Gasteiger partial charge in [-0.3, -0.25) is 0 Å². The van der Waals surface area contributed by atoms with Crippen molar-refractivity contribution in [1.82, 2.24) is 0 Å². The molecule has 0 saturated heterocycles. The van der Waals surface area contributed by atoms with E-state index in [1.807, 2.05) is 19.9 Å². The lowest BCUT2D eigenvalue weighted by molar-refractivity contribution is 1.39. The predicted octanol–water partition coefficient (Wildman–Crippen LogP) is 2.71. The molecule has 0 rings (SSSR count). The average molecular weight is 117 g/mol. The highest BCUT2D eigenvalue weighted by Crippen LogP contribution is 2.01. The molecule has 0 N–H and O–H groups in total. The second-order valence-corrected chi connectivity index (χ2v) is 2.15. The topological polar surface area (TPSA) is 0 Å². The Balaban J connectivity index is 3.68. The molecule has 7 heavy (non-hydrogen) atoms. The molecule has 0 radical (unpaired) electrons. The molecule has 0 fully saturated rings. The lowest BCUT2D eigenvalue weighted by Crippen LogP contribution is -1.61. The van der Waals surface area contributed by atoms with Gasteiger partial charge in [0.15, 0.2) is 0 Å². The summed E-state index contributed by atoms with van der Waals surface area (Å²) in [6.07, 6.45) is 1.82. The van der Waals surface area contributed by atoms with Gasteiger partial charge in [-0.2, -0.15) is 0 Å². The first-order valence-electron chi connectivity index (χ1n) is 2.12. The minimum atomic E-state index is 0.597. The number of allylic oxidation sites excluding steroid dienone is 3. The molecule has 0 aliphatic heterocycles. The molecule has 0 amide bonds. The van der Waals surface area contributed by atoms with E-state index < -0.39 is 0 Å². The van der Waals surface area contributed by atoms with Gasteiger partial charge in [0.05, 0.1) is 0 Å². The van der Waals surface area contributed by atoms with E-state index in [0.717, 1.165) is 0 Å². The van der Waals surface area contributed by atoms with E-state index in [1.165, 1.54) is 5.57 Å². The van der Waals surface area contributed by atoms with Crippen molar-refractivity contribution in [3.8, 4) is 0 Å². The summed E-state index contributed by atoms with van der Waals surface area (Å²) in [5.74, 6) is 0. The minimum absolute atomic E-state index is 0.597. The second-order valence-electron chi connectivity index (χ2n) is 1.67. The Morgan fingerprint density at radius 3 is 2.00 bits per heavy atom. The zero-order valence-electron chi connectivity index (χ0n) is 4.66. The summed E-state index contributed by atoms with van der Waals surface area (Å²) >= 11 is 5.40. The Morgan fingerprint density at radius 2 is 2.00 bits per heavy atom. The Bertz CT molecular complexity index is 96.7. The summed E-state index contributed by atoms with van der Waals surface area (Å²) in [4.78, 5) is 0. The van der Waals surface area contributed by atoms with Crippen LogP contribution >= 0.6 is 11.6 Å². The van der Waals surface area contributed by atoms with Gasteiger partial charge in [0.25, 0.3) is 0 Å². The van der Waals surface area contributed by atoms with Crippen LogP contribution in [0.2, 0.25) is 0 Å². The molecule has 0 saturated carbocycles. The summed E-state index contributed by atoms with van der Waals surface area (Å²) in [6.45, 7) is 7.44. The molecule has 0 aliphatic carbocycles. The molecular formula is C6H9Cl. The van der Waals surface area contributed by atoms with E-state index in [0.29, 0.717) is 5.03 Å². The fraction of sp³-hybridized carbons (Fsp3) is 0.333. The highest BCUT2D eigenvalue weighted by Gasteiger charge is 1.76. The summed E-state index contributed by atoms with van der Waals surface area (Å²) in [5, 5.41) is 0.597. The molecule has 40 valence electrons. The molecule has 0 spiro atoms. The number of rotatable bonds is 1.